The second-order valence-corrected chi connectivity index (χ2v) is 5.74. The Morgan fingerprint density at radius 2 is 1.80 bits per heavy atom. The van der Waals surface area contributed by atoms with Crippen molar-refractivity contribution in [3.8, 4) is 5.69 Å². The Balaban J connectivity index is 2.02. The number of nitrogens with one attached hydrogen (secondary N) is 1. The van der Waals surface area contributed by atoms with Gasteiger partial charge in [0.25, 0.3) is 11.5 Å². The Labute approximate surface area is 147 Å². The summed E-state index contributed by atoms with van der Waals surface area (Å²) in [6.07, 6.45) is 2.35. The van der Waals surface area contributed by atoms with Crippen LogP contribution in [0.25, 0.3) is 5.69 Å². The largest absolute Gasteiger partial charge is 0.352 e. The number of pyridine rings is 1. The summed E-state index contributed by atoms with van der Waals surface area (Å²) in [6.45, 7) is 7.72. The lowest BCUT2D eigenvalue weighted by Gasteiger charge is -2.17. The van der Waals surface area contributed by atoms with Crippen molar-refractivity contribution in [1.29, 1.82) is 0 Å². The molecule has 1 N–H and O–H groups in total. The summed E-state index contributed by atoms with van der Waals surface area (Å²) in [6, 6.07) is 8.41. The van der Waals surface area contributed by atoms with Crippen LogP contribution in [0, 0.1) is 5.82 Å². The van der Waals surface area contributed by atoms with E-state index in [9.17, 15) is 14.0 Å². The van der Waals surface area contributed by atoms with Crippen LogP contribution in [0.15, 0.2) is 47.4 Å². The minimum absolute atomic E-state index is 0.226. The van der Waals surface area contributed by atoms with Crippen molar-refractivity contribution in [2.24, 2.45) is 0 Å². The summed E-state index contributed by atoms with van der Waals surface area (Å²) >= 11 is 0. The quantitative estimate of drug-likeness (QED) is 0.748. The molecule has 6 heteroatoms. The van der Waals surface area contributed by atoms with E-state index in [2.05, 4.69) is 24.1 Å². The third-order valence-corrected chi connectivity index (χ3v) is 4.11. The first-order valence-corrected chi connectivity index (χ1v) is 8.54. The molecule has 1 aromatic heterocycles. The number of aromatic nitrogens is 1. The van der Waals surface area contributed by atoms with E-state index in [0.717, 1.165) is 26.1 Å². The van der Waals surface area contributed by atoms with Crippen molar-refractivity contribution in [2.45, 2.75) is 20.3 Å². The molecule has 5 nitrogen and oxygen atoms in total. The summed E-state index contributed by atoms with van der Waals surface area (Å²) in [5.74, 6) is -0.602. The van der Waals surface area contributed by atoms with Gasteiger partial charge in [-0.2, -0.15) is 0 Å². The summed E-state index contributed by atoms with van der Waals surface area (Å²) in [5, 5.41) is 2.87. The third kappa shape index (κ3) is 5.26. The van der Waals surface area contributed by atoms with Gasteiger partial charge < -0.3 is 10.2 Å². The van der Waals surface area contributed by atoms with Crippen LogP contribution in [-0.2, 0) is 0 Å². The van der Waals surface area contributed by atoms with Gasteiger partial charge in [-0.3, -0.25) is 14.2 Å². The molecule has 2 rings (SSSR count). The number of halogens is 1. The van der Waals surface area contributed by atoms with Crippen LogP contribution in [-0.4, -0.2) is 41.6 Å². The molecule has 0 radical (unpaired) electrons. The second kappa shape index (κ2) is 9.13. The van der Waals surface area contributed by atoms with E-state index in [4.69, 9.17) is 0 Å². The van der Waals surface area contributed by atoms with E-state index in [1.165, 1.54) is 47.2 Å². The smallest absolute Gasteiger partial charge is 0.255 e. The monoisotopic (exact) mass is 345 g/mol. The second-order valence-electron chi connectivity index (χ2n) is 5.74. The highest BCUT2D eigenvalue weighted by Gasteiger charge is 2.09. The molecule has 1 aromatic carbocycles. The zero-order chi connectivity index (χ0) is 18.2. The van der Waals surface area contributed by atoms with Gasteiger partial charge in [0.15, 0.2) is 0 Å². The highest BCUT2D eigenvalue weighted by Crippen LogP contribution is 2.08. The van der Waals surface area contributed by atoms with Crippen LogP contribution in [0.5, 0.6) is 0 Å². The summed E-state index contributed by atoms with van der Waals surface area (Å²) in [4.78, 5) is 26.6. The Bertz CT molecular complexity index is 752. The average Bonchev–Trinajstić information content (AvgIpc) is 2.63. The molecule has 134 valence electrons. The number of carbonyl (C=O) groups is 1. The van der Waals surface area contributed by atoms with Crippen molar-refractivity contribution in [3.63, 3.8) is 0 Å². The van der Waals surface area contributed by atoms with Gasteiger partial charge in [-0.1, -0.05) is 13.8 Å². The molecule has 0 bridgehead atoms. The average molecular weight is 345 g/mol. The van der Waals surface area contributed by atoms with E-state index in [1.54, 1.807) is 0 Å². The summed E-state index contributed by atoms with van der Waals surface area (Å²) < 4.78 is 14.4. The van der Waals surface area contributed by atoms with E-state index in [1.807, 2.05) is 0 Å². The molecular formula is C19H24FN3O2. The van der Waals surface area contributed by atoms with Gasteiger partial charge in [-0.15, -0.1) is 0 Å². The van der Waals surface area contributed by atoms with Gasteiger partial charge in [0.05, 0.1) is 5.56 Å². The molecule has 25 heavy (non-hydrogen) atoms. The van der Waals surface area contributed by atoms with Gasteiger partial charge in [-0.25, -0.2) is 4.39 Å². The van der Waals surface area contributed by atoms with E-state index >= 15 is 0 Å². The number of benzene rings is 1. The number of nitrogens with zero attached hydrogens (tertiary/aromatic N) is 2. The van der Waals surface area contributed by atoms with Crippen LogP contribution >= 0.6 is 0 Å². The summed E-state index contributed by atoms with van der Waals surface area (Å²) in [5.41, 5.74) is 0.638. The molecule has 0 saturated heterocycles. The first-order chi connectivity index (χ1) is 12.0. The maximum atomic E-state index is 13.0. The van der Waals surface area contributed by atoms with Crippen molar-refractivity contribution in [3.05, 3.63) is 64.3 Å². The SMILES string of the molecule is CCN(CC)CCCNC(=O)c1ccc(=O)n(-c2ccc(F)cc2)c1. The van der Waals surface area contributed by atoms with E-state index < -0.39 is 0 Å². The molecule has 1 heterocycles. The number of hydrogen-bond acceptors (Lipinski definition) is 3. The molecule has 0 unspecified atom stereocenters. The molecule has 0 spiro atoms. The maximum absolute atomic E-state index is 13.0. The van der Waals surface area contributed by atoms with E-state index in [0.29, 0.717) is 17.8 Å². The molecule has 0 atom stereocenters. The van der Waals surface area contributed by atoms with Crippen molar-refractivity contribution < 1.29 is 9.18 Å². The third-order valence-electron chi connectivity index (χ3n) is 4.11. The fourth-order valence-electron chi connectivity index (χ4n) is 2.57. The van der Waals surface area contributed by atoms with E-state index in [-0.39, 0.29) is 17.3 Å². The number of carbonyl (C=O) groups excluding carboxylic acids is 1. The van der Waals surface area contributed by atoms with Gasteiger partial charge in [0.2, 0.25) is 0 Å². The zero-order valence-corrected chi connectivity index (χ0v) is 14.7. The minimum atomic E-state index is -0.376. The fraction of sp³-hybridized carbons (Fsp3) is 0.368. The molecule has 0 fully saturated rings. The highest BCUT2D eigenvalue weighted by atomic mass is 19.1. The Kier molecular flexibility index (Phi) is 6.89. The fourth-order valence-corrected chi connectivity index (χ4v) is 2.57. The number of amides is 1. The maximum Gasteiger partial charge on any atom is 0.255 e. The van der Waals surface area contributed by atoms with Crippen LogP contribution in [0.2, 0.25) is 0 Å². The van der Waals surface area contributed by atoms with Crippen molar-refractivity contribution in [1.82, 2.24) is 14.8 Å². The summed E-state index contributed by atoms with van der Waals surface area (Å²) in [7, 11) is 0. The number of hydrogen-bond donors (Lipinski definition) is 1. The highest BCUT2D eigenvalue weighted by molar-refractivity contribution is 5.93. The van der Waals surface area contributed by atoms with Crippen molar-refractivity contribution in [2.75, 3.05) is 26.2 Å². The lowest BCUT2D eigenvalue weighted by molar-refractivity contribution is 0.0951. The molecule has 2 aromatic rings. The molecule has 0 aliphatic rings. The van der Waals surface area contributed by atoms with Crippen LogP contribution in [0.4, 0.5) is 4.39 Å². The Hall–Kier alpha value is -2.47. The van der Waals surface area contributed by atoms with Gasteiger partial charge in [-0.05, 0) is 56.4 Å². The zero-order valence-electron chi connectivity index (χ0n) is 14.7. The lowest BCUT2D eigenvalue weighted by atomic mass is 10.2. The van der Waals surface area contributed by atoms with Crippen LogP contribution in [0.1, 0.15) is 30.6 Å². The topological polar surface area (TPSA) is 54.3 Å². The Morgan fingerprint density at radius 3 is 2.44 bits per heavy atom. The normalized spacial score (nSPS) is 10.9. The molecule has 0 saturated carbocycles. The molecule has 0 aliphatic heterocycles. The first-order valence-electron chi connectivity index (χ1n) is 8.54. The molecule has 1 amide bonds. The standard InChI is InChI=1S/C19H24FN3O2/c1-3-22(4-2)13-5-12-21-19(25)15-6-11-18(24)23(14-15)17-9-7-16(20)8-10-17/h6-11,14H,3-5,12-13H2,1-2H3,(H,21,25). The predicted octanol–water partition coefficient (Wildman–Crippen LogP) is 2.44. The lowest BCUT2D eigenvalue weighted by Crippen LogP contribution is -2.30. The van der Waals surface area contributed by atoms with Crippen molar-refractivity contribution >= 4 is 5.91 Å². The molecular weight excluding hydrogens is 321 g/mol. The number of rotatable bonds is 8. The first kappa shape index (κ1) is 18.9. The molecule has 0 aliphatic carbocycles. The minimum Gasteiger partial charge on any atom is -0.352 e. The van der Waals surface area contributed by atoms with Gasteiger partial charge in [0.1, 0.15) is 5.82 Å². The van der Waals surface area contributed by atoms with Crippen LogP contribution in [0.3, 0.4) is 0 Å². The van der Waals surface area contributed by atoms with Gasteiger partial charge in [0, 0.05) is 24.5 Å². The van der Waals surface area contributed by atoms with Gasteiger partial charge >= 0.3 is 0 Å². The van der Waals surface area contributed by atoms with Crippen LogP contribution < -0.4 is 10.9 Å². The Morgan fingerprint density at radius 1 is 1.12 bits per heavy atom. The predicted molar refractivity (Wildman–Crippen MR) is 96.7 cm³/mol.